The fraction of sp³-hybridized carbons (Fsp3) is 0.348. The summed E-state index contributed by atoms with van der Waals surface area (Å²) in [6.07, 6.45) is 5.06. The van der Waals surface area contributed by atoms with Crippen LogP contribution >= 0.6 is 11.6 Å². The highest BCUT2D eigenvalue weighted by Gasteiger charge is 2.27. The Morgan fingerprint density at radius 3 is 2.85 bits per heavy atom. The molecule has 1 aromatic carbocycles. The van der Waals surface area contributed by atoms with Gasteiger partial charge in [-0.25, -0.2) is 8.42 Å². The molecule has 1 fully saturated rings. The van der Waals surface area contributed by atoms with Crippen molar-refractivity contribution < 1.29 is 17.9 Å². The van der Waals surface area contributed by atoms with Crippen molar-refractivity contribution in [2.24, 2.45) is 0 Å². The van der Waals surface area contributed by atoms with E-state index in [9.17, 15) is 13.2 Å². The second kappa shape index (κ2) is 10.7. The number of rotatable bonds is 7. The lowest BCUT2D eigenvalue weighted by Gasteiger charge is -2.21. The number of nitrogens with one attached hydrogen (secondary N) is 1. The van der Waals surface area contributed by atoms with Gasteiger partial charge in [0.25, 0.3) is 5.91 Å². The first-order valence-electron chi connectivity index (χ1n) is 10.9. The van der Waals surface area contributed by atoms with Crippen molar-refractivity contribution >= 4 is 44.1 Å². The summed E-state index contributed by atoms with van der Waals surface area (Å²) in [5, 5.41) is 3.80. The fourth-order valence-electron chi connectivity index (χ4n) is 3.87. The molecule has 1 aliphatic heterocycles. The molecule has 1 N–H and O–H groups in total. The van der Waals surface area contributed by atoms with E-state index in [-0.39, 0.29) is 21.2 Å². The number of fused-ring (bicyclic) bond motifs is 1. The van der Waals surface area contributed by atoms with Gasteiger partial charge in [0.2, 0.25) is 10.0 Å². The average molecular weight is 504 g/mol. The van der Waals surface area contributed by atoms with E-state index in [0.29, 0.717) is 31.8 Å². The molecule has 34 heavy (non-hydrogen) atoms. The largest absolute Gasteiger partial charge is 0.383 e. The Bertz CT molecular complexity index is 1290. The van der Waals surface area contributed by atoms with Crippen LogP contribution in [0.4, 0.5) is 5.69 Å². The van der Waals surface area contributed by atoms with E-state index in [1.54, 1.807) is 31.5 Å². The number of nitrogens with zero attached hydrogens (tertiary/aromatic N) is 4. The normalized spacial score (nSPS) is 15.8. The van der Waals surface area contributed by atoms with Crippen LogP contribution in [-0.4, -0.2) is 79.9 Å². The van der Waals surface area contributed by atoms with Crippen LogP contribution in [-0.2, 0) is 14.8 Å². The van der Waals surface area contributed by atoms with Crippen molar-refractivity contribution in [1.29, 1.82) is 0 Å². The molecule has 0 unspecified atom stereocenters. The third kappa shape index (κ3) is 5.53. The van der Waals surface area contributed by atoms with E-state index in [2.05, 4.69) is 20.2 Å². The average Bonchev–Trinajstić information content (AvgIpc) is 3.08. The number of methoxy groups -OCH3 is 1. The molecule has 0 aliphatic carbocycles. The molecule has 0 atom stereocenters. The van der Waals surface area contributed by atoms with E-state index < -0.39 is 15.9 Å². The topological polar surface area (TPSA) is 105 Å². The third-order valence-electron chi connectivity index (χ3n) is 5.70. The van der Waals surface area contributed by atoms with Crippen LogP contribution in [0.15, 0.2) is 53.8 Å². The minimum absolute atomic E-state index is 0.0296. The molecule has 0 saturated carbocycles. The standard InChI is InChI=1S/C23H26ClN5O4S/c1-33-11-10-28-6-3-7-29(9-8-28)34(31,32)19-13-18(15-25-16-19)27-23(30)20-14-22-17(12-21(20)24)4-2-5-26-22/h2,4-5,12-16H,3,6-11H2,1H3,(H,27,30). The van der Waals surface area contributed by atoms with Gasteiger partial charge >= 0.3 is 0 Å². The maximum Gasteiger partial charge on any atom is 0.257 e. The SMILES string of the molecule is COCCN1CCCN(S(=O)(=O)c2cncc(NC(=O)c3cc4ncccc4cc3Cl)c2)CC1. The number of amides is 1. The summed E-state index contributed by atoms with van der Waals surface area (Å²) < 4.78 is 33.1. The number of carbonyl (C=O) groups excluding carboxylic acids is 1. The first kappa shape index (κ1) is 24.5. The van der Waals surface area contributed by atoms with Crippen molar-refractivity contribution in [3.05, 3.63) is 59.5 Å². The van der Waals surface area contributed by atoms with Crippen LogP contribution < -0.4 is 5.32 Å². The summed E-state index contributed by atoms with van der Waals surface area (Å²) in [6, 6.07) is 8.34. The Morgan fingerprint density at radius 2 is 2.03 bits per heavy atom. The summed E-state index contributed by atoms with van der Waals surface area (Å²) in [5.74, 6) is -0.475. The number of benzene rings is 1. The van der Waals surface area contributed by atoms with Gasteiger partial charge in [0.05, 0.1) is 34.6 Å². The zero-order chi connectivity index (χ0) is 24.1. The van der Waals surface area contributed by atoms with Crippen LogP contribution in [0.5, 0.6) is 0 Å². The van der Waals surface area contributed by atoms with Gasteiger partial charge in [-0.05, 0) is 37.2 Å². The minimum atomic E-state index is -3.76. The van der Waals surface area contributed by atoms with Crippen LogP contribution in [0.3, 0.4) is 0 Å². The Morgan fingerprint density at radius 1 is 1.18 bits per heavy atom. The predicted molar refractivity (Wildman–Crippen MR) is 131 cm³/mol. The molecule has 1 saturated heterocycles. The molecule has 1 aliphatic rings. The fourth-order valence-corrected chi connectivity index (χ4v) is 5.59. The van der Waals surface area contributed by atoms with Crippen LogP contribution in [0.2, 0.25) is 5.02 Å². The molecule has 0 bridgehead atoms. The summed E-state index contributed by atoms with van der Waals surface area (Å²) in [4.78, 5) is 23.4. The van der Waals surface area contributed by atoms with E-state index >= 15 is 0 Å². The minimum Gasteiger partial charge on any atom is -0.383 e. The maximum atomic E-state index is 13.3. The number of pyridine rings is 2. The number of carbonyl (C=O) groups is 1. The summed E-state index contributed by atoms with van der Waals surface area (Å²) in [6.45, 7) is 3.60. The second-order valence-corrected chi connectivity index (χ2v) is 10.3. The highest BCUT2D eigenvalue weighted by Crippen LogP contribution is 2.25. The highest BCUT2D eigenvalue weighted by atomic mass is 35.5. The zero-order valence-electron chi connectivity index (χ0n) is 18.8. The van der Waals surface area contributed by atoms with Crippen molar-refractivity contribution in [1.82, 2.24) is 19.2 Å². The molecule has 180 valence electrons. The van der Waals surface area contributed by atoms with Gasteiger partial charge in [-0.15, -0.1) is 0 Å². The number of halogens is 1. The Kier molecular flexibility index (Phi) is 7.74. The highest BCUT2D eigenvalue weighted by molar-refractivity contribution is 7.89. The van der Waals surface area contributed by atoms with Gasteiger partial charge in [0, 0.05) is 51.1 Å². The van der Waals surface area contributed by atoms with Crippen molar-refractivity contribution in [3.8, 4) is 0 Å². The second-order valence-electron chi connectivity index (χ2n) is 7.98. The number of sulfonamides is 1. The lowest BCUT2D eigenvalue weighted by atomic mass is 10.1. The van der Waals surface area contributed by atoms with Gasteiger partial charge in [-0.2, -0.15) is 4.31 Å². The van der Waals surface area contributed by atoms with Crippen molar-refractivity contribution in [2.45, 2.75) is 11.3 Å². The van der Waals surface area contributed by atoms with Gasteiger partial charge in [-0.3, -0.25) is 19.7 Å². The summed E-state index contributed by atoms with van der Waals surface area (Å²) in [5.41, 5.74) is 1.14. The van der Waals surface area contributed by atoms with Crippen molar-refractivity contribution in [2.75, 3.05) is 51.8 Å². The molecule has 3 aromatic rings. The molecule has 2 aromatic heterocycles. The van der Waals surface area contributed by atoms with Crippen LogP contribution in [0.1, 0.15) is 16.8 Å². The molecule has 11 heteroatoms. The van der Waals surface area contributed by atoms with E-state index in [1.165, 1.54) is 22.8 Å². The Hall–Kier alpha value is -2.63. The monoisotopic (exact) mass is 503 g/mol. The lowest BCUT2D eigenvalue weighted by Crippen LogP contribution is -2.36. The van der Waals surface area contributed by atoms with Gasteiger partial charge in [0.15, 0.2) is 0 Å². The molecular formula is C23H26ClN5O4S. The summed E-state index contributed by atoms with van der Waals surface area (Å²) >= 11 is 6.31. The molecule has 0 radical (unpaired) electrons. The van der Waals surface area contributed by atoms with Gasteiger partial charge in [0.1, 0.15) is 4.90 Å². The lowest BCUT2D eigenvalue weighted by molar-refractivity contribution is 0.102. The quantitative estimate of drug-likeness (QED) is 0.528. The van der Waals surface area contributed by atoms with Crippen molar-refractivity contribution in [3.63, 3.8) is 0 Å². The number of hydrogen-bond donors (Lipinski definition) is 1. The number of hydrogen-bond acceptors (Lipinski definition) is 7. The molecule has 3 heterocycles. The van der Waals surface area contributed by atoms with Gasteiger partial charge < -0.3 is 10.1 Å². The molecule has 4 rings (SSSR count). The van der Waals surface area contributed by atoms with E-state index in [1.807, 2.05) is 6.07 Å². The Labute approximate surface area is 203 Å². The van der Waals surface area contributed by atoms with Crippen LogP contribution in [0, 0.1) is 0 Å². The molecular weight excluding hydrogens is 478 g/mol. The first-order chi connectivity index (χ1) is 16.4. The molecule has 1 amide bonds. The zero-order valence-corrected chi connectivity index (χ0v) is 20.3. The molecule has 9 nitrogen and oxygen atoms in total. The molecule has 0 spiro atoms. The maximum absolute atomic E-state index is 13.3. The number of aromatic nitrogens is 2. The van der Waals surface area contributed by atoms with E-state index in [0.717, 1.165) is 24.9 Å². The smallest absolute Gasteiger partial charge is 0.257 e. The summed E-state index contributed by atoms with van der Waals surface area (Å²) in [7, 11) is -2.11. The number of ether oxygens (including phenoxy) is 1. The van der Waals surface area contributed by atoms with E-state index in [4.69, 9.17) is 16.3 Å². The van der Waals surface area contributed by atoms with Gasteiger partial charge in [-0.1, -0.05) is 17.7 Å². The third-order valence-corrected chi connectivity index (χ3v) is 7.88. The first-order valence-corrected chi connectivity index (χ1v) is 12.7. The number of anilines is 1. The Balaban J connectivity index is 1.50. The predicted octanol–water partition coefficient (Wildman–Crippen LogP) is 2.88. The van der Waals surface area contributed by atoms with Crippen LogP contribution in [0.25, 0.3) is 10.9 Å².